The SMILES string of the molecule is C=C/C=C\C(=C/C)c1nc2ccccc2c(C(=O)N[C@@H](CC)c2ccccc2)c1S(=O)CC. The number of nitrogens with one attached hydrogen (secondary N) is 1. The molecule has 0 fully saturated rings. The van der Waals surface area contributed by atoms with Gasteiger partial charge in [0.25, 0.3) is 5.91 Å². The number of pyridine rings is 1. The lowest BCUT2D eigenvalue weighted by atomic mass is 10.0. The highest BCUT2D eigenvalue weighted by Crippen LogP contribution is 2.32. The number of carbonyl (C=O) groups is 1. The normalized spacial score (nSPS) is 13.7. The molecular weight excluding hydrogens is 428 g/mol. The monoisotopic (exact) mass is 458 g/mol. The van der Waals surface area contributed by atoms with Gasteiger partial charge in [-0.3, -0.25) is 9.00 Å². The molecule has 0 aliphatic heterocycles. The maximum atomic E-state index is 13.8. The summed E-state index contributed by atoms with van der Waals surface area (Å²) in [5.41, 5.74) is 3.51. The molecule has 0 saturated heterocycles. The first-order valence-electron chi connectivity index (χ1n) is 11.2. The molecule has 0 radical (unpaired) electrons. The Labute approximate surface area is 198 Å². The van der Waals surface area contributed by atoms with E-state index in [9.17, 15) is 9.00 Å². The van der Waals surface area contributed by atoms with Crippen LogP contribution in [-0.2, 0) is 10.8 Å². The minimum atomic E-state index is -1.40. The first kappa shape index (κ1) is 24.3. The van der Waals surface area contributed by atoms with E-state index in [1.54, 1.807) is 6.08 Å². The van der Waals surface area contributed by atoms with Crippen molar-refractivity contribution in [2.45, 2.75) is 38.1 Å². The highest BCUT2D eigenvalue weighted by molar-refractivity contribution is 7.85. The van der Waals surface area contributed by atoms with Crippen molar-refractivity contribution >= 4 is 33.2 Å². The van der Waals surface area contributed by atoms with Gasteiger partial charge in [-0.1, -0.05) is 93.3 Å². The molecule has 33 heavy (non-hydrogen) atoms. The summed E-state index contributed by atoms with van der Waals surface area (Å²) in [5.74, 6) is 0.135. The third-order valence-electron chi connectivity index (χ3n) is 5.48. The summed E-state index contributed by atoms with van der Waals surface area (Å²) in [6.45, 7) is 9.54. The minimum absolute atomic E-state index is 0.154. The topological polar surface area (TPSA) is 59.1 Å². The van der Waals surface area contributed by atoms with E-state index in [1.807, 2.05) is 93.6 Å². The number of amides is 1. The minimum Gasteiger partial charge on any atom is -0.345 e. The molecule has 0 aliphatic rings. The molecule has 1 aromatic heterocycles. The highest BCUT2D eigenvalue weighted by Gasteiger charge is 2.26. The number of rotatable bonds is 9. The third kappa shape index (κ3) is 5.37. The average Bonchev–Trinajstić information content (AvgIpc) is 2.86. The number of hydrogen-bond acceptors (Lipinski definition) is 3. The van der Waals surface area contributed by atoms with Gasteiger partial charge in [-0.05, 0) is 30.5 Å². The van der Waals surface area contributed by atoms with Gasteiger partial charge in [-0.15, -0.1) is 0 Å². The average molecular weight is 459 g/mol. The van der Waals surface area contributed by atoms with Crippen molar-refractivity contribution in [1.82, 2.24) is 10.3 Å². The number of allylic oxidation sites excluding steroid dienone is 5. The molecule has 0 bridgehead atoms. The van der Waals surface area contributed by atoms with Gasteiger partial charge in [-0.25, -0.2) is 4.98 Å². The molecule has 1 heterocycles. The van der Waals surface area contributed by atoms with Gasteiger partial charge in [0.2, 0.25) is 0 Å². The number of para-hydroxylation sites is 1. The highest BCUT2D eigenvalue weighted by atomic mass is 32.2. The van der Waals surface area contributed by atoms with Crippen LogP contribution in [0.15, 0.2) is 90.4 Å². The second-order valence-electron chi connectivity index (χ2n) is 7.50. The lowest BCUT2D eigenvalue weighted by Crippen LogP contribution is -2.30. The van der Waals surface area contributed by atoms with Crippen molar-refractivity contribution in [2.24, 2.45) is 0 Å². The van der Waals surface area contributed by atoms with E-state index < -0.39 is 10.8 Å². The first-order chi connectivity index (χ1) is 16.0. The Kier molecular flexibility index (Phi) is 8.50. The number of nitrogens with zero attached hydrogens (tertiary/aromatic N) is 1. The van der Waals surface area contributed by atoms with E-state index in [4.69, 9.17) is 4.98 Å². The van der Waals surface area contributed by atoms with Crippen molar-refractivity contribution in [3.63, 3.8) is 0 Å². The van der Waals surface area contributed by atoms with Crippen LogP contribution in [0.3, 0.4) is 0 Å². The zero-order chi connectivity index (χ0) is 23.8. The lowest BCUT2D eigenvalue weighted by molar-refractivity contribution is 0.0934. The van der Waals surface area contributed by atoms with Gasteiger partial charge < -0.3 is 5.32 Å². The first-order valence-corrected chi connectivity index (χ1v) is 12.5. The molecule has 0 saturated carbocycles. The largest absolute Gasteiger partial charge is 0.345 e. The van der Waals surface area contributed by atoms with Gasteiger partial charge in [0.15, 0.2) is 0 Å². The number of aromatic nitrogens is 1. The van der Waals surface area contributed by atoms with E-state index >= 15 is 0 Å². The zero-order valence-electron chi connectivity index (χ0n) is 19.4. The van der Waals surface area contributed by atoms with Crippen molar-refractivity contribution < 1.29 is 9.00 Å². The molecule has 2 aromatic carbocycles. The molecule has 1 N–H and O–H groups in total. The van der Waals surface area contributed by atoms with Crippen LogP contribution in [0.1, 0.15) is 54.8 Å². The fraction of sp³-hybridized carbons (Fsp3) is 0.214. The molecule has 2 atom stereocenters. The Morgan fingerprint density at radius 1 is 1.12 bits per heavy atom. The summed E-state index contributed by atoms with van der Waals surface area (Å²) in [6.07, 6.45) is 8.02. The van der Waals surface area contributed by atoms with E-state index in [0.29, 0.717) is 32.8 Å². The summed E-state index contributed by atoms with van der Waals surface area (Å²) in [4.78, 5) is 19.1. The van der Waals surface area contributed by atoms with Crippen molar-refractivity contribution in [2.75, 3.05) is 5.75 Å². The van der Waals surface area contributed by atoms with Crippen molar-refractivity contribution in [3.8, 4) is 0 Å². The molecule has 0 aliphatic carbocycles. The van der Waals surface area contributed by atoms with E-state index in [2.05, 4.69) is 11.9 Å². The van der Waals surface area contributed by atoms with Gasteiger partial charge in [-0.2, -0.15) is 0 Å². The molecule has 0 spiro atoms. The van der Waals surface area contributed by atoms with Crippen LogP contribution in [0.5, 0.6) is 0 Å². The molecule has 170 valence electrons. The summed E-state index contributed by atoms with van der Waals surface area (Å²) in [5, 5.41) is 3.88. The van der Waals surface area contributed by atoms with E-state index in [1.165, 1.54) is 0 Å². The Morgan fingerprint density at radius 2 is 1.82 bits per heavy atom. The fourth-order valence-electron chi connectivity index (χ4n) is 3.80. The molecule has 3 aromatic rings. The Hall–Kier alpha value is -3.31. The van der Waals surface area contributed by atoms with Crippen LogP contribution in [0, 0.1) is 0 Å². The molecule has 1 unspecified atom stereocenters. The molecule has 3 rings (SSSR count). The maximum absolute atomic E-state index is 13.8. The fourth-order valence-corrected chi connectivity index (χ4v) is 4.90. The Bertz CT molecular complexity index is 1230. The third-order valence-corrected chi connectivity index (χ3v) is 6.85. The van der Waals surface area contributed by atoms with Crippen LogP contribution in [0.25, 0.3) is 16.5 Å². The smallest absolute Gasteiger partial charge is 0.253 e. The van der Waals surface area contributed by atoms with Gasteiger partial charge >= 0.3 is 0 Å². The number of hydrogen-bond donors (Lipinski definition) is 1. The zero-order valence-corrected chi connectivity index (χ0v) is 20.2. The predicted molar refractivity (Wildman–Crippen MR) is 139 cm³/mol. The molecule has 4 nitrogen and oxygen atoms in total. The second-order valence-corrected chi connectivity index (χ2v) is 9.18. The van der Waals surface area contributed by atoms with E-state index in [0.717, 1.165) is 17.6 Å². The van der Waals surface area contributed by atoms with Crippen molar-refractivity contribution in [1.29, 1.82) is 0 Å². The van der Waals surface area contributed by atoms with Gasteiger partial charge in [0, 0.05) is 11.1 Å². The second kappa shape index (κ2) is 11.5. The van der Waals surface area contributed by atoms with Gasteiger partial charge in [0.1, 0.15) is 0 Å². The van der Waals surface area contributed by atoms with Crippen LogP contribution in [0.4, 0.5) is 0 Å². The number of benzene rings is 2. The lowest BCUT2D eigenvalue weighted by Gasteiger charge is -2.21. The van der Waals surface area contributed by atoms with Crippen LogP contribution >= 0.6 is 0 Å². The summed E-state index contributed by atoms with van der Waals surface area (Å²) in [6, 6.07) is 17.3. The maximum Gasteiger partial charge on any atom is 0.253 e. The summed E-state index contributed by atoms with van der Waals surface area (Å²) < 4.78 is 13.3. The predicted octanol–water partition coefficient (Wildman–Crippen LogP) is 6.39. The van der Waals surface area contributed by atoms with Gasteiger partial charge in [0.05, 0.1) is 38.5 Å². The standard InChI is InChI=1S/C28H30N2O2S/c1-5-9-15-20(6-2)26-27(33(32)8-4)25(22-18-13-14-19-24(22)29-26)28(31)30-23(7-3)21-16-11-10-12-17-21/h5-6,9-19,23H,1,7-8H2,2-4H3,(H,30,31)/b15-9-,20-6+/t23-,33?/m0/s1. The van der Waals surface area contributed by atoms with Crippen LogP contribution in [0.2, 0.25) is 0 Å². The molecular formula is C28H30N2O2S. The summed E-state index contributed by atoms with van der Waals surface area (Å²) >= 11 is 0. The Morgan fingerprint density at radius 3 is 2.45 bits per heavy atom. The van der Waals surface area contributed by atoms with E-state index in [-0.39, 0.29) is 11.9 Å². The molecule has 5 heteroatoms. The number of fused-ring (bicyclic) bond motifs is 1. The van der Waals surface area contributed by atoms with Crippen LogP contribution in [-0.4, -0.2) is 20.9 Å². The summed E-state index contributed by atoms with van der Waals surface area (Å²) in [7, 11) is -1.40. The van der Waals surface area contributed by atoms with Crippen LogP contribution < -0.4 is 5.32 Å². The molecule has 1 amide bonds. The van der Waals surface area contributed by atoms with Crippen molar-refractivity contribution in [3.05, 3.63) is 102 Å². The Balaban J connectivity index is 2.26. The number of carbonyl (C=O) groups excluding carboxylic acids is 1. The quantitative estimate of drug-likeness (QED) is 0.378.